The topological polar surface area (TPSA) is 83.0 Å². The van der Waals surface area contributed by atoms with Gasteiger partial charge in [-0.25, -0.2) is 9.79 Å². The monoisotopic (exact) mass is 746 g/mol. The highest BCUT2D eigenvalue weighted by Gasteiger charge is 2.35. The lowest BCUT2D eigenvalue weighted by molar-refractivity contribution is -0.138. The van der Waals surface area contributed by atoms with Gasteiger partial charge < -0.3 is 13.9 Å². The predicted molar refractivity (Wildman–Crippen MR) is 183 cm³/mol. The van der Waals surface area contributed by atoms with Crippen LogP contribution in [0.3, 0.4) is 0 Å². The molecule has 0 aliphatic carbocycles. The summed E-state index contributed by atoms with van der Waals surface area (Å²) in [6.07, 6.45) is 1.71. The van der Waals surface area contributed by atoms with Crippen molar-refractivity contribution in [3.63, 3.8) is 0 Å². The molecule has 7 nitrogen and oxygen atoms in total. The summed E-state index contributed by atoms with van der Waals surface area (Å²) in [5, 5.41) is 0. The zero-order valence-corrected chi connectivity index (χ0v) is 28.6. The van der Waals surface area contributed by atoms with Crippen molar-refractivity contribution in [3.05, 3.63) is 136 Å². The van der Waals surface area contributed by atoms with Crippen LogP contribution in [-0.4, -0.2) is 23.2 Å². The molecule has 228 valence electrons. The molecule has 0 bridgehead atoms. The number of aromatic nitrogens is 1. The summed E-state index contributed by atoms with van der Waals surface area (Å²) < 4.78 is 21.4. The van der Waals surface area contributed by atoms with Crippen LogP contribution >= 0.6 is 43.2 Å². The van der Waals surface area contributed by atoms with E-state index >= 15 is 0 Å². The first-order valence-corrected chi connectivity index (χ1v) is 16.7. The van der Waals surface area contributed by atoms with Crippen molar-refractivity contribution < 1.29 is 18.7 Å². The Morgan fingerprint density at radius 1 is 1.04 bits per heavy atom. The van der Waals surface area contributed by atoms with Gasteiger partial charge in [-0.1, -0.05) is 85.7 Å². The van der Waals surface area contributed by atoms with Gasteiger partial charge in [-0.2, -0.15) is 0 Å². The van der Waals surface area contributed by atoms with Gasteiger partial charge in [-0.3, -0.25) is 9.36 Å². The van der Waals surface area contributed by atoms with E-state index in [4.69, 9.17) is 18.9 Å². The van der Waals surface area contributed by atoms with E-state index in [2.05, 4.69) is 31.9 Å². The number of thiazole rings is 1. The van der Waals surface area contributed by atoms with Crippen LogP contribution in [0.1, 0.15) is 43.7 Å². The Labute approximate surface area is 280 Å². The maximum absolute atomic E-state index is 14.2. The number of fused-ring (bicyclic) bond motifs is 1. The number of ether oxygens (including phenoxy) is 2. The molecule has 0 spiro atoms. The first-order valence-electron chi connectivity index (χ1n) is 14.3. The maximum atomic E-state index is 14.2. The van der Waals surface area contributed by atoms with Crippen LogP contribution in [0.2, 0.25) is 0 Å². The van der Waals surface area contributed by atoms with Gasteiger partial charge in [0, 0.05) is 26.1 Å². The average Bonchev–Trinajstić information content (AvgIpc) is 3.62. The first-order chi connectivity index (χ1) is 21.7. The molecule has 0 N–H and O–H groups in total. The standard InChI is InChI=1S/C35H28Br2N2O5S/c1-4-42-34(41)30-31(21-8-6-5-7-9-21)38-35-39(32(30)22-10-13-24(14-11-22)43-20(2)3)33(40)29(45-35)19-25-15-17-28(44-25)26-18-23(36)12-16-27(26)37/h5-20,32H,4H2,1-3H3/b29-19-/t32-/m0/s1. The zero-order valence-electron chi connectivity index (χ0n) is 24.6. The lowest BCUT2D eigenvalue weighted by atomic mass is 9.93. The molecule has 0 amide bonds. The number of benzene rings is 3. The van der Waals surface area contributed by atoms with Crippen molar-refractivity contribution in [2.45, 2.75) is 32.9 Å². The number of hydrogen-bond acceptors (Lipinski definition) is 7. The van der Waals surface area contributed by atoms with Gasteiger partial charge in [0.2, 0.25) is 0 Å². The van der Waals surface area contributed by atoms with E-state index in [9.17, 15) is 9.59 Å². The van der Waals surface area contributed by atoms with E-state index in [1.54, 1.807) is 17.6 Å². The number of carbonyl (C=O) groups excluding carboxylic acids is 1. The number of carbonyl (C=O) groups is 1. The van der Waals surface area contributed by atoms with Crippen molar-refractivity contribution in [3.8, 4) is 17.1 Å². The molecule has 0 saturated heterocycles. The third kappa shape index (κ3) is 6.40. The molecule has 45 heavy (non-hydrogen) atoms. The molecule has 5 aromatic rings. The third-order valence-electron chi connectivity index (χ3n) is 7.04. The quantitative estimate of drug-likeness (QED) is 0.154. The molecule has 0 radical (unpaired) electrons. The van der Waals surface area contributed by atoms with Gasteiger partial charge in [-0.05, 0) is 68.8 Å². The third-order valence-corrected chi connectivity index (χ3v) is 9.20. The van der Waals surface area contributed by atoms with Crippen LogP contribution in [-0.2, 0) is 9.53 Å². The summed E-state index contributed by atoms with van der Waals surface area (Å²) in [7, 11) is 0. The Morgan fingerprint density at radius 2 is 1.80 bits per heavy atom. The van der Waals surface area contributed by atoms with Crippen molar-refractivity contribution in [2.75, 3.05) is 6.61 Å². The summed E-state index contributed by atoms with van der Waals surface area (Å²) in [6.45, 7) is 5.85. The normalized spacial score (nSPS) is 14.8. The number of furan rings is 1. The van der Waals surface area contributed by atoms with E-state index < -0.39 is 12.0 Å². The van der Waals surface area contributed by atoms with Gasteiger partial charge in [-0.15, -0.1) is 0 Å². The highest BCUT2D eigenvalue weighted by molar-refractivity contribution is 9.11. The molecule has 10 heteroatoms. The summed E-state index contributed by atoms with van der Waals surface area (Å²) in [5.41, 5.74) is 2.82. The number of halogens is 2. The second-order valence-electron chi connectivity index (χ2n) is 10.5. The zero-order chi connectivity index (χ0) is 31.7. The summed E-state index contributed by atoms with van der Waals surface area (Å²) in [5.74, 6) is 1.33. The number of rotatable bonds is 8. The molecule has 0 unspecified atom stereocenters. The van der Waals surface area contributed by atoms with Crippen LogP contribution in [0.25, 0.3) is 23.1 Å². The average molecular weight is 748 g/mol. The Hall–Kier alpha value is -3.99. The summed E-state index contributed by atoms with van der Waals surface area (Å²) in [6, 6.07) is 25.7. The maximum Gasteiger partial charge on any atom is 0.338 e. The summed E-state index contributed by atoms with van der Waals surface area (Å²) >= 11 is 8.34. The molecule has 6 rings (SSSR count). The Bertz CT molecular complexity index is 2090. The van der Waals surface area contributed by atoms with Crippen LogP contribution in [0.5, 0.6) is 5.75 Å². The molecular formula is C35H28Br2N2O5S. The Morgan fingerprint density at radius 3 is 2.51 bits per heavy atom. The minimum absolute atomic E-state index is 0.000151. The molecule has 1 aliphatic heterocycles. The van der Waals surface area contributed by atoms with Gasteiger partial charge in [0.05, 0.1) is 34.6 Å². The second kappa shape index (κ2) is 13.2. The second-order valence-corrected chi connectivity index (χ2v) is 13.3. The number of hydrogen-bond donors (Lipinski definition) is 0. The van der Waals surface area contributed by atoms with Gasteiger partial charge >= 0.3 is 5.97 Å². The highest BCUT2D eigenvalue weighted by atomic mass is 79.9. The SMILES string of the molecule is CCOC(=O)C1=C(c2ccccc2)N=c2s/c(=C\c3ccc(-c4cc(Br)ccc4Br)o3)c(=O)n2[C@H]1c1ccc(OC(C)C)cc1. The molecule has 3 heterocycles. The fourth-order valence-corrected chi connectivity index (χ4v) is 6.93. The minimum atomic E-state index is -0.782. The molecular weight excluding hydrogens is 720 g/mol. The van der Waals surface area contributed by atoms with Gasteiger partial charge in [0.25, 0.3) is 5.56 Å². The molecule has 1 atom stereocenters. The number of nitrogens with zero attached hydrogens (tertiary/aromatic N) is 2. The lowest BCUT2D eigenvalue weighted by Gasteiger charge is -2.26. The summed E-state index contributed by atoms with van der Waals surface area (Å²) in [4.78, 5) is 33.2. The fraction of sp³-hybridized carbons (Fsp3) is 0.171. The Balaban J connectivity index is 1.54. The smallest absolute Gasteiger partial charge is 0.338 e. The van der Waals surface area contributed by atoms with Crippen LogP contribution in [0.15, 0.2) is 114 Å². The van der Waals surface area contributed by atoms with Crippen LogP contribution < -0.4 is 19.6 Å². The molecule has 0 saturated carbocycles. The lowest BCUT2D eigenvalue weighted by Crippen LogP contribution is -2.40. The largest absolute Gasteiger partial charge is 0.491 e. The Kier molecular flexibility index (Phi) is 9.07. The van der Waals surface area contributed by atoms with Gasteiger partial charge in [0.1, 0.15) is 17.3 Å². The first kappa shape index (κ1) is 31.0. The van der Waals surface area contributed by atoms with E-state index in [0.717, 1.165) is 25.6 Å². The van der Waals surface area contributed by atoms with Crippen molar-refractivity contribution in [2.24, 2.45) is 4.99 Å². The van der Waals surface area contributed by atoms with E-state index in [0.29, 0.717) is 37.9 Å². The number of esters is 1. The van der Waals surface area contributed by atoms with Crippen LogP contribution in [0.4, 0.5) is 0 Å². The van der Waals surface area contributed by atoms with E-state index in [1.165, 1.54) is 11.3 Å². The fourth-order valence-electron chi connectivity index (χ4n) is 5.15. The van der Waals surface area contributed by atoms with Crippen molar-refractivity contribution in [1.29, 1.82) is 0 Å². The van der Waals surface area contributed by atoms with E-state index in [1.807, 2.05) is 98.8 Å². The minimum Gasteiger partial charge on any atom is -0.491 e. The molecule has 1 aliphatic rings. The van der Waals surface area contributed by atoms with Gasteiger partial charge in [0.15, 0.2) is 4.80 Å². The molecule has 3 aromatic carbocycles. The molecule has 0 fully saturated rings. The van der Waals surface area contributed by atoms with Crippen molar-refractivity contribution >= 4 is 60.9 Å². The highest BCUT2D eigenvalue weighted by Crippen LogP contribution is 2.36. The predicted octanol–water partition coefficient (Wildman–Crippen LogP) is 7.51. The van der Waals surface area contributed by atoms with E-state index in [-0.39, 0.29) is 18.3 Å². The molecule has 2 aromatic heterocycles. The van der Waals surface area contributed by atoms with Crippen LogP contribution in [0, 0.1) is 0 Å². The van der Waals surface area contributed by atoms with Crippen molar-refractivity contribution in [1.82, 2.24) is 4.57 Å².